The van der Waals surface area contributed by atoms with Crippen LogP contribution in [0.3, 0.4) is 0 Å². The molecule has 0 saturated carbocycles. The molecule has 1 aromatic rings. The molecule has 0 unspecified atom stereocenters. The molecule has 84 valence electrons. The molecule has 1 aliphatic rings. The van der Waals surface area contributed by atoms with Crippen molar-refractivity contribution in [3.05, 3.63) is 28.8 Å². The van der Waals surface area contributed by atoms with Gasteiger partial charge in [0.2, 0.25) is 6.79 Å². The van der Waals surface area contributed by atoms with Gasteiger partial charge in [0.1, 0.15) is 0 Å². The Morgan fingerprint density at radius 2 is 2.31 bits per heavy atom. The molecular formula is C11H9ClO4. The van der Waals surface area contributed by atoms with Crippen molar-refractivity contribution in [2.75, 3.05) is 13.9 Å². The molecule has 2 rings (SSSR count). The number of carbonyl (C=O) groups excluding carboxylic acids is 1. The zero-order valence-electron chi connectivity index (χ0n) is 8.53. The van der Waals surface area contributed by atoms with E-state index in [1.807, 2.05) is 0 Å². The van der Waals surface area contributed by atoms with Crippen molar-refractivity contribution >= 4 is 23.6 Å². The maximum Gasteiger partial charge on any atom is 0.330 e. The summed E-state index contributed by atoms with van der Waals surface area (Å²) in [5.74, 6) is 0.697. The minimum absolute atomic E-state index is 0.166. The molecule has 0 atom stereocenters. The molecule has 4 nitrogen and oxygen atoms in total. The number of hydrogen-bond donors (Lipinski definition) is 0. The molecule has 0 aromatic heterocycles. The van der Waals surface area contributed by atoms with E-state index < -0.39 is 5.97 Å². The van der Waals surface area contributed by atoms with Crippen LogP contribution < -0.4 is 9.47 Å². The summed E-state index contributed by atoms with van der Waals surface area (Å²) < 4.78 is 14.8. The van der Waals surface area contributed by atoms with Crippen LogP contribution in [0.2, 0.25) is 5.02 Å². The van der Waals surface area contributed by atoms with Crippen molar-refractivity contribution in [2.45, 2.75) is 0 Å². The number of carbonyl (C=O) groups is 1. The lowest BCUT2D eigenvalue weighted by Gasteiger charge is -2.00. The standard InChI is InChI=1S/C11H9ClO4/c1-14-10(13)3-2-7-4-8(12)11-9(5-7)15-6-16-11/h2-5H,6H2,1H3. The van der Waals surface area contributed by atoms with Gasteiger partial charge >= 0.3 is 5.97 Å². The van der Waals surface area contributed by atoms with Crippen molar-refractivity contribution < 1.29 is 19.0 Å². The van der Waals surface area contributed by atoms with Gasteiger partial charge in [0.05, 0.1) is 12.1 Å². The van der Waals surface area contributed by atoms with Crippen LogP contribution in [0.25, 0.3) is 6.08 Å². The van der Waals surface area contributed by atoms with E-state index in [0.717, 1.165) is 5.56 Å². The molecule has 0 saturated heterocycles. The normalized spacial score (nSPS) is 13.1. The molecule has 0 aliphatic carbocycles. The lowest BCUT2D eigenvalue weighted by molar-refractivity contribution is -0.134. The highest BCUT2D eigenvalue weighted by Crippen LogP contribution is 2.39. The molecule has 1 aliphatic heterocycles. The van der Waals surface area contributed by atoms with Crippen LogP contribution in [0.15, 0.2) is 18.2 Å². The molecule has 0 fully saturated rings. The van der Waals surface area contributed by atoms with Crippen LogP contribution in [0, 0.1) is 0 Å². The van der Waals surface area contributed by atoms with Gasteiger partial charge in [-0.15, -0.1) is 0 Å². The fraction of sp³-hybridized carbons (Fsp3) is 0.182. The first-order valence-corrected chi connectivity index (χ1v) is 4.93. The highest BCUT2D eigenvalue weighted by molar-refractivity contribution is 6.32. The van der Waals surface area contributed by atoms with Crippen molar-refractivity contribution in [1.82, 2.24) is 0 Å². The summed E-state index contributed by atoms with van der Waals surface area (Å²) >= 11 is 5.97. The summed E-state index contributed by atoms with van der Waals surface area (Å²) in [6.07, 6.45) is 2.91. The fourth-order valence-electron chi connectivity index (χ4n) is 1.32. The largest absolute Gasteiger partial charge is 0.466 e. The topological polar surface area (TPSA) is 44.8 Å². The van der Waals surface area contributed by atoms with Crippen molar-refractivity contribution in [3.63, 3.8) is 0 Å². The number of esters is 1. The summed E-state index contributed by atoms with van der Waals surface area (Å²) in [6, 6.07) is 3.43. The molecular weight excluding hydrogens is 232 g/mol. The van der Waals surface area contributed by atoms with Gasteiger partial charge in [0.15, 0.2) is 11.5 Å². The van der Waals surface area contributed by atoms with E-state index >= 15 is 0 Å². The molecule has 0 spiro atoms. The first-order valence-electron chi connectivity index (χ1n) is 4.56. The predicted molar refractivity (Wildman–Crippen MR) is 58.6 cm³/mol. The number of benzene rings is 1. The van der Waals surface area contributed by atoms with E-state index in [4.69, 9.17) is 21.1 Å². The lowest BCUT2D eigenvalue weighted by Crippen LogP contribution is -1.93. The second-order valence-electron chi connectivity index (χ2n) is 3.09. The quantitative estimate of drug-likeness (QED) is 0.588. The van der Waals surface area contributed by atoms with E-state index in [0.29, 0.717) is 16.5 Å². The van der Waals surface area contributed by atoms with Gasteiger partial charge in [0.25, 0.3) is 0 Å². The fourth-order valence-corrected chi connectivity index (χ4v) is 1.59. The summed E-state index contributed by atoms with van der Waals surface area (Å²) in [5.41, 5.74) is 0.750. The number of hydrogen-bond acceptors (Lipinski definition) is 4. The molecule has 16 heavy (non-hydrogen) atoms. The zero-order chi connectivity index (χ0) is 11.5. The van der Waals surface area contributed by atoms with Crippen LogP contribution in [0.4, 0.5) is 0 Å². The number of methoxy groups -OCH3 is 1. The minimum atomic E-state index is -0.422. The van der Waals surface area contributed by atoms with Gasteiger partial charge in [0, 0.05) is 6.08 Å². The summed E-state index contributed by atoms with van der Waals surface area (Å²) in [5, 5.41) is 0.458. The third kappa shape index (κ3) is 2.12. The van der Waals surface area contributed by atoms with E-state index in [-0.39, 0.29) is 6.79 Å². The van der Waals surface area contributed by atoms with E-state index in [9.17, 15) is 4.79 Å². The number of rotatable bonds is 2. The second-order valence-corrected chi connectivity index (χ2v) is 3.50. The molecule has 1 aromatic carbocycles. The predicted octanol–water partition coefficient (Wildman–Crippen LogP) is 2.25. The van der Waals surface area contributed by atoms with Gasteiger partial charge in [-0.2, -0.15) is 0 Å². The zero-order valence-corrected chi connectivity index (χ0v) is 9.28. The van der Waals surface area contributed by atoms with Crippen LogP contribution >= 0.6 is 11.6 Å². The Kier molecular flexibility index (Phi) is 3.01. The van der Waals surface area contributed by atoms with Crippen LogP contribution in [0.1, 0.15) is 5.56 Å². The van der Waals surface area contributed by atoms with Crippen molar-refractivity contribution in [2.24, 2.45) is 0 Å². The number of halogens is 1. The van der Waals surface area contributed by atoms with Crippen LogP contribution in [-0.2, 0) is 9.53 Å². The second kappa shape index (κ2) is 4.45. The maximum absolute atomic E-state index is 10.9. The highest BCUT2D eigenvalue weighted by atomic mass is 35.5. The third-order valence-electron chi connectivity index (χ3n) is 2.06. The molecule has 1 heterocycles. The Balaban J connectivity index is 2.27. The van der Waals surface area contributed by atoms with E-state index in [1.54, 1.807) is 18.2 Å². The molecule has 0 N–H and O–H groups in total. The molecule has 0 amide bonds. The highest BCUT2D eigenvalue weighted by Gasteiger charge is 2.17. The summed E-state index contributed by atoms with van der Waals surface area (Å²) in [4.78, 5) is 10.9. The Bertz CT molecular complexity index is 454. The first kappa shape index (κ1) is 10.8. The minimum Gasteiger partial charge on any atom is -0.466 e. The molecule has 0 radical (unpaired) electrons. The number of fused-ring (bicyclic) bond motifs is 1. The average molecular weight is 241 g/mol. The van der Waals surface area contributed by atoms with Gasteiger partial charge < -0.3 is 14.2 Å². The lowest BCUT2D eigenvalue weighted by atomic mass is 10.2. The number of ether oxygens (including phenoxy) is 3. The Morgan fingerprint density at radius 3 is 3.06 bits per heavy atom. The SMILES string of the molecule is COC(=O)C=Cc1cc(Cl)c2c(c1)OCO2. The van der Waals surface area contributed by atoms with Crippen molar-refractivity contribution in [1.29, 1.82) is 0 Å². The average Bonchev–Trinajstić information content (AvgIpc) is 2.74. The van der Waals surface area contributed by atoms with Gasteiger partial charge in [-0.05, 0) is 23.8 Å². The van der Waals surface area contributed by atoms with Crippen LogP contribution in [-0.4, -0.2) is 19.9 Å². The Labute approximate surface area is 97.4 Å². The Morgan fingerprint density at radius 1 is 1.50 bits per heavy atom. The van der Waals surface area contributed by atoms with E-state index in [2.05, 4.69) is 4.74 Å². The Hall–Kier alpha value is -1.68. The molecule has 5 heteroatoms. The van der Waals surface area contributed by atoms with Gasteiger partial charge in [-0.3, -0.25) is 0 Å². The third-order valence-corrected chi connectivity index (χ3v) is 2.34. The van der Waals surface area contributed by atoms with Crippen molar-refractivity contribution in [3.8, 4) is 11.5 Å². The van der Waals surface area contributed by atoms with Gasteiger partial charge in [-0.25, -0.2) is 4.79 Å². The maximum atomic E-state index is 10.9. The molecule has 0 bridgehead atoms. The van der Waals surface area contributed by atoms with Crippen LogP contribution in [0.5, 0.6) is 11.5 Å². The van der Waals surface area contributed by atoms with Gasteiger partial charge in [-0.1, -0.05) is 11.6 Å². The van der Waals surface area contributed by atoms with E-state index in [1.165, 1.54) is 13.2 Å². The smallest absolute Gasteiger partial charge is 0.330 e. The monoisotopic (exact) mass is 240 g/mol. The summed E-state index contributed by atoms with van der Waals surface area (Å²) in [6.45, 7) is 0.166. The first-order chi connectivity index (χ1) is 7.70. The summed E-state index contributed by atoms with van der Waals surface area (Å²) in [7, 11) is 1.32.